The van der Waals surface area contributed by atoms with Gasteiger partial charge < -0.3 is 25.2 Å². The van der Waals surface area contributed by atoms with Crippen molar-refractivity contribution in [1.29, 1.82) is 0 Å². The Bertz CT molecular complexity index is 1860. The molecule has 4 fully saturated rings. The van der Waals surface area contributed by atoms with Crippen LogP contribution in [0.2, 0.25) is 0 Å². The van der Waals surface area contributed by atoms with E-state index in [-0.39, 0.29) is 47.5 Å². The van der Waals surface area contributed by atoms with E-state index in [1.807, 2.05) is 43.3 Å². The number of hydrogen-bond donors (Lipinski definition) is 3. The molecule has 10 atom stereocenters. The van der Waals surface area contributed by atoms with E-state index in [9.17, 15) is 33.0 Å². The summed E-state index contributed by atoms with van der Waals surface area (Å²) >= 11 is 0. The molecule has 3 N–H and O–H groups in total. The van der Waals surface area contributed by atoms with Crippen LogP contribution in [0.4, 0.5) is 18.0 Å². The molecule has 7 nitrogen and oxygen atoms in total. The lowest BCUT2D eigenvalue weighted by Crippen LogP contribution is -2.67. The molecule has 3 saturated carbocycles. The van der Waals surface area contributed by atoms with Gasteiger partial charge in [0.25, 0.3) is 0 Å². The van der Waals surface area contributed by atoms with E-state index < -0.39 is 45.5 Å². The normalized spacial score (nSPS) is 38.6. The Balaban J connectivity index is 1.17. The molecule has 6 aliphatic carbocycles. The van der Waals surface area contributed by atoms with Crippen molar-refractivity contribution < 1.29 is 37.7 Å². The summed E-state index contributed by atoms with van der Waals surface area (Å²) in [7, 11) is 0. The maximum Gasteiger partial charge on any atom is 0.416 e. The summed E-state index contributed by atoms with van der Waals surface area (Å²) in [4.78, 5) is 30.7. The number of carbonyl (C=O) groups is 2. The van der Waals surface area contributed by atoms with Crippen LogP contribution in [0.3, 0.4) is 0 Å². The zero-order chi connectivity index (χ0) is 38.3. The highest BCUT2D eigenvalue weighted by atomic mass is 19.4. The smallest absolute Gasteiger partial charge is 0.393 e. The topological polar surface area (TPSA) is 99.1 Å². The molecule has 290 valence electrons. The molecule has 9 rings (SSSR count). The minimum Gasteiger partial charge on any atom is -0.393 e. The van der Waals surface area contributed by atoms with E-state index in [4.69, 9.17) is 4.74 Å². The van der Waals surface area contributed by atoms with Gasteiger partial charge in [0.15, 0.2) is 5.78 Å². The molecule has 1 heterocycles. The van der Waals surface area contributed by atoms with Crippen molar-refractivity contribution in [3.05, 3.63) is 95.1 Å². The number of nitrogens with zero attached hydrogens (tertiary/aromatic N) is 1. The highest BCUT2D eigenvalue weighted by Gasteiger charge is 2.74. The van der Waals surface area contributed by atoms with Crippen molar-refractivity contribution in [2.75, 3.05) is 19.7 Å². The van der Waals surface area contributed by atoms with Crippen molar-refractivity contribution in [3.8, 4) is 0 Å². The van der Waals surface area contributed by atoms with Crippen LogP contribution in [0.5, 0.6) is 0 Å². The predicted molar refractivity (Wildman–Crippen MR) is 198 cm³/mol. The monoisotopic (exact) mass is 746 g/mol. The quantitative estimate of drug-likeness (QED) is 0.186. The lowest BCUT2D eigenvalue weighted by Gasteiger charge is -2.71. The van der Waals surface area contributed by atoms with Gasteiger partial charge in [0.2, 0.25) is 0 Å². The molecule has 1 aliphatic heterocycles. The third kappa shape index (κ3) is 5.63. The summed E-state index contributed by atoms with van der Waals surface area (Å²) in [6.45, 7) is 7.38. The Morgan fingerprint density at radius 2 is 1.69 bits per heavy atom. The number of nitrogens with one attached hydrogen (secondary N) is 1. The number of aliphatic hydroxyl groups excluding tert-OH is 1. The van der Waals surface area contributed by atoms with Gasteiger partial charge in [0.1, 0.15) is 0 Å². The van der Waals surface area contributed by atoms with Gasteiger partial charge in [-0.1, -0.05) is 74.5 Å². The number of alkyl halides is 3. The number of halogens is 3. The number of Topliss-reactive ketones (excluding diaryl/α,β-unsaturated/α-hetero) is 1. The number of hydrogen-bond acceptors (Lipinski definition) is 5. The van der Waals surface area contributed by atoms with Crippen LogP contribution in [-0.2, 0) is 10.9 Å². The SMILES string of the molecule is C[C@@H](NC(=O)N(C[C@H]1CCCO1)C[C@]1(O)CC[C@H]2[C@]34C=C[C@@]5(C=C3C(=O)c3cccc(C(F)(F)F)c3)CC(O)CC[C@]5(C)[C@H]4CC[C@@]21C)c1ccccc1. The Morgan fingerprint density at radius 1 is 0.963 bits per heavy atom. The average Bonchev–Trinajstić information content (AvgIpc) is 3.76. The summed E-state index contributed by atoms with van der Waals surface area (Å²) < 4.78 is 47.8. The number of aliphatic hydroxyl groups is 2. The van der Waals surface area contributed by atoms with Gasteiger partial charge in [-0.05, 0) is 99.7 Å². The number of carbonyl (C=O) groups excluding carboxylic acids is 2. The first kappa shape index (κ1) is 37.5. The van der Waals surface area contributed by atoms with Crippen molar-refractivity contribution >= 4 is 11.8 Å². The fourth-order valence-corrected chi connectivity index (χ4v) is 12.3. The standard InChI is InChI=1S/C44H53F3N2O5/c1-28(29-9-5-4-6-10-29)48-38(52)49(26-33-13-8-22-54-33)27-42(53)19-16-36-40(42,3)18-15-35-39(2)17-14-32(50)24-41(39)20-21-43(35,36)34(25-41)37(51)30-11-7-12-31(23-30)44(45,46)47/h4-7,9-12,20-21,23,25,28,32-33,35-36,50,53H,8,13-19,22,24,26-27H2,1-3H3,(H,48,52)/t28-,32?,33-,35-,36-,39-,40+,41+,42-,43-/m1/s1. The Morgan fingerprint density at radius 3 is 2.41 bits per heavy atom. The summed E-state index contributed by atoms with van der Waals surface area (Å²) in [6.07, 6.45) is 7.01. The number of ether oxygens (including phenoxy) is 1. The molecule has 2 aromatic rings. The van der Waals surface area contributed by atoms with Crippen molar-refractivity contribution in [2.24, 2.45) is 33.5 Å². The third-order valence-electron chi connectivity index (χ3n) is 15.2. The third-order valence-corrected chi connectivity index (χ3v) is 15.2. The fourth-order valence-electron chi connectivity index (χ4n) is 12.3. The van der Waals surface area contributed by atoms with Crippen LogP contribution >= 0.6 is 0 Å². The Labute approximate surface area is 316 Å². The molecule has 0 radical (unpaired) electrons. The molecule has 7 aliphatic rings. The molecule has 2 amide bonds. The molecule has 2 aromatic carbocycles. The molecule has 0 aromatic heterocycles. The van der Waals surface area contributed by atoms with Gasteiger partial charge in [0, 0.05) is 40.5 Å². The predicted octanol–water partition coefficient (Wildman–Crippen LogP) is 8.43. The molecule has 2 spiro atoms. The molecule has 1 saturated heterocycles. The van der Waals surface area contributed by atoms with Gasteiger partial charge in [-0.25, -0.2) is 4.79 Å². The molecule has 2 bridgehead atoms. The summed E-state index contributed by atoms with van der Waals surface area (Å²) in [6, 6.07) is 13.9. The summed E-state index contributed by atoms with van der Waals surface area (Å²) in [5.41, 5.74) is -3.20. The van der Waals surface area contributed by atoms with E-state index in [1.165, 1.54) is 12.1 Å². The lowest BCUT2D eigenvalue weighted by molar-refractivity contribution is -0.175. The highest BCUT2D eigenvalue weighted by molar-refractivity contribution is 6.10. The number of allylic oxidation sites excluding steroid dienone is 4. The Kier molecular flexibility index (Phi) is 9.05. The first-order valence-corrected chi connectivity index (χ1v) is 19.8. The van der Waals surface area contributed by atoms with Gasteiger partial charge in [-0.15, -0.1) is 0 Å². The van der Waals surface area contributed by atoms with Crippen LogP contribution in [0, 0.1) is 33.5 Å². The second-order valence-corrected chi connectivity index (χ2v) is 17.8. The zero-order valence-corrected chi connectivity index (χ0v) is 31.5. The molecule has 1 unspecified atom stereocenters. The van der Waals surface area contributed by atoms with Crippen LogP contribution in [0.1, 0.15) is 106 Å². The minimum atomic E-state index is -4.60. The van der Waals surface area contributed by atoms with E-state index in [0.717, 1.165) is 37.0 Å². The number of rotatable bonds is 8. The Hall–Kier alpha value is -3.47. The van der Waals surface area contributed by atoms with Crippen molar-refractivity contribution in [3.63, 3.8) is 0 Å². The van der Waals surface area contributed by atoms with Crippen LogP contribution in [0.25, 0.3) is 0 Å². The maximum atomic E-state index is 14.8. The van der Waals surface area contributed by atoms with Crippen LogP contribution in [-0.4, -0.2) is 64.4 Å². The summed E-state index contributed by atoms with van der Waals surface area (Å²) in [5, 5.41) is 27.2. The first-order valence-electron chi connectivity index (χ1n) is 19.8. The second-order valence-electron chi connectivity index (χ2n) is 17.8. The number of urea groups is 1. The van der Waals surface area contributed by atoms with E-state index in [2.05, 4.69) is 31.3 Å². The lowest BCUT2D eigenvalue weighted by atomic mass is 9.32. The largest absolute Gasteiger partial charge is 0.416 e. The van der Waals surface area contributed by atoms with Gasteiger partial charge in [0.05, 0.1) is 36.0 Å². The number of ketones is 1. The number of fused-ring (bicyclic) bond motifs is 1. The van der Waals surface area contributed by atoms with Crippen LogP contribution in [0.15, 0.2) is 78.4 Å². The second kappa shape index (κ2) is 13.1. The molecule has 10 heteroatoms. The van der Waals surface area contributed by atoms with Crippen LogP contribution < -0.4 is 5.32 Å². The zero-order valence-electron chi connectivity index (χ0n) is 31.5. The first-order chi connectivity index (χ1) is 25.6. The highest BCUT2D eigenvalue weighted by Crippen LogP contribution is 2.78. The van der Waals surface area contributed by atoms with Crippen molar-refractivity contribution in [1.82, 2.24) is 10.2 Å². The van der Waals surface area contributed by atoms with E-state index in [0.29, 0.717) is 57.2 Å². The minimum absolute atomic E-state index is 0.00732. The molecule has 54 heavy (non-hydrogen) atoms. The maximum absolute atomic E-state index is 14.8. The molecular weight excluding hydrogens is 693 g/mol. The van der Waals surface area contributed by atoms with Gasteiger partial charge in [-0.2, -0.15) is 13.2 Å². The van der Waals surface area contributed by atoms with Crippen molar-refractivity contribution in [2.45, 2.75) is 109 Å². The van der Waals surface area contributed by atoms with E-state index in [1.54, 1.807) is 4.90 Å². The molecular formula is C44H53F3N2O5. The number of amides is 2. The average molecular weight is 747 g/mol. The number of benzene rings is 2. The van der Waals surface area contributed by atoms with Gasteiger partial charge in [-0.3, -0.25) is 4.79 Å². The summed E-state index contributed by atoms with van der Waals surface area (Å²) in [5.74, 6) is -0.662. The van der Waals surface area contributed by atoms with E-state index >= 15 is 0 Å². The van der Waals surface area contributed by atoms with Gasteiger partial charge >= 0.3 is 12.2 Å². The fraction of sp³-hybridized carbons (Fsp3) is 0.591.